The van der Waals surface area contributed by atoms with Crippen LogP contribution < -0.4 is 15.4 Å². The molecular formula is C20H25N3O6. The number of carbonyl (C=O) groups is 4. The molecule has 1 saturated heterocycles. The van der Waals surface area contributed by atoms with E-state index < -0.39 is 0 Å². The Bertz CT molecular complexity index is 801. The summed E-state index contributed by atoms with van der Waals surface area (Å²) < 4.78 is 10.2. The summed E-state index contributed by atoms with van der Waals surface area (Å²) in [5.41, 5.74) is 0.884. The first kappa shape index (κ1) is 20.6. The minimum atomic E-state index is -0.325. The second-order valence-electron chi connectivity index (χ2n) is 7.00. The average molecular weight is 403 g/mol. The Balaban J connectivity index is 1.43. The monoisotopic (exact) mass is 403 g/mol. The van der Waals surface area contributed by atoms with E-state index in [9.17, 15) is 19.2 Å². The van der Waals surface area contributed by atoms with Crippen molar-refractivity contribution in [2.75, 3.05) is 31.6 Å². The topological polar surface area (TPSA) is 114 Å². The third-order valence-electron chi connectivity index (χ3n) is 4.90. The highest BCUT2D eigenvalue weighted by Gasteiger charge is 2.25. The van der Waals surface area contributed by atoms with E-state index in [0.717, 1.165) is 0 Å². The molecule has 1 fully saturated rings. The molecule has 0 bridgehead atoms. The molecule has 1 aromatic rings. The van der Waals surface area contributed by atoms with Crippen LogP contribution in [0.15, 0.2) is 18.2 Å². The number of ketones is 1. The molecule has 2 N–H and O–H groups in total. The van der Waals surface area contributed by atoms with Gasteiger partial charge in [0.25, 0.3) is 5.91 Å². The van der Waals surface area contributed by atoms with Gasteiger partial charge in [-0.05, 0) is 38.0 Å². The SMILES string of the molecule is CCOC(=O)N1CCC(NC(=O)CCC(=O)c2ccc3c(c2)NC(=O)CO3)CC1. The van der Waals surface area contributed by atoms with E-state index in [1.165, 1.54) is 0 Å². The van der Waals surface area contributed by atoms with Crippen molar-refractivity contribution in [3.8, 4) is 5.75 Å². The molecule has 2 heterocycles. The van der Waals surface area contributed by atoms with Crippen molar-refractivity contribution in [2.45, 2.75) is 38.6 Å². The Morgan fingerprint density at radius 1 is 1.24 bits per heavy atom. The molecule has 0 radical (unpaired) electrons. The zero-order chi connectivity index (χ0) is 20.8. The van der Waals surface area contributed by atoms with Crippen LogP contribution in [0.3, 0.4) is 0 Å². The number of piperidine rings is 1. The summed E-state index contributed by atoms with van der Waals surface area (Å²) in [5.74, 6) is -0.119. The predicted molar refractivity (Wildman–Crippen MR) is 104 cm³/mol. The van der Waals surface area contributed by atoms with E-state index in [0.29, 0.717) is 49.5 Å². The zero-order valence-electron chi connectivity index (χ0n) is 16.4. The number of fused-ring (bicyclic) bond motifs is 1. The van der Waals surface area contributed by atoms with Crippen molar-refractivity contribution in [3.63, 3.8) is 0 Å². The Labute approximate surface area is 168 Å². The van der Waals surface area contributed by atoms with Crippen LogP contribution in [0.2, 0.25) is 0 Å². The van der Waals surface area contributed by atoms with Gasteiger partial charge in [-0.25, -0.2) is 4.79 Å². The lowest BCUT2D eigenvalue weighted by Gasteiger charge is -2.31. The molecule has 0 aromatic heterocycles. The van der Waals surface area contributed by atoms with Gasteiger partial charge in [0.05, 0.1) is 12.3 Å². The Kier molecular flexibility index (Phi) is 6.69. The van der Waals surface area contributed by atoms with Crippen LogP contribution in [0.5, 0.6) is 5.75 Å². The Morgan fingerprint density at radius 3 is 2.72 bits per heavy atom. The van der Waals surface area contributed by atoms with Gasteiger partial charge in [0.1, 0.15) is 5.75 Å². The number of hydrogen-bond donors (Lipinski definition) is 2. The number of anilines is 1. The van der Waals surface area contributed by atoms with Crippen molar-refractivity contribution >= 4 is 29.4 Å². The maximum Gasteiger partial charge on any atom is 0.409 e. The summed E-state index contributed by atoms with van der Waals surface area (Å²) >= 11 is 0. The molecule has 0 saturated carbocycles. The van der Waals surface area contributed by atoms with E-state index in [1.54, 1.807) is 30.0 Å². The van der Waals surface area contributed by atoms with Gasteiger partial charge in [-0.1, -0.05) is 0 Å². The molecule has 0 spiro atoms. The van der Waals surface area contributed by atoms with Crippen LogP contribution in [0.25, 0.3) is 0 Å². The number of carbonyl (C=O) groups excluding carboxylic acids is 4. The van der Waals surface area contributed by atoms with Gasteiger partial charge in [0.2, 0.25) is 5.91 Å². The largest absolute Gasteiger partial charge is 0.482 e. The fourth-order valence-corrected chi connectivity index (χ4v) is 3.35. The number of nitrogens with one attached hydrogen (secondary N) is 2. The van der Waals surface area contributed by atoms with Crippen molar-refractivity contribution in [1.82, 2.24) is 10.2 Å². The molecule has 9 nitrogen and oxygen atoms in total. The number of rotatable bonds is 6. The third kappa shape index (κ3) is 5.46. The molecule has 1 aromatic carbocycles. The first-order valence-corrected chi connectivity index (χ1v) is 9.77. The Hall–Kier alpha value is -3.10. The molecule has 0 atom stereocenters. The van der Waals surface area contributed by atoms with Crippen LogP contribution >= 0.6 is 0 Å². The minimum Gasteiger partial charge on any atom is -0.482 e. The summed E-state index contributed by atoms with van der Waals surface area (Å²) in [6.07, 6.45) is 1.14. The van der Waals surface area contributed by atoms with Gasteiger partial charge < -0.3 is 25.0 Å². The first-order valence-electron chi connectivity index (χ1n) is 9.77. The van der Waals surface area contributed by atoms with Crippen LogP contribution in [-0.2, 0) is 14.3 Å². The quantitative estimate of drug-likeness (QED) is 0.699. The predicted octanol–water partition coefficient (Wildman–Crippen LogP) is 1.72. The lowest BCUT2D eigenvalue weighted by Crippen LogP contribution is -2.46. The van der Waals surface area contributed by atoms with E-state index in [1.807, 2.05) is 0 Å². The molecule has 29 heavy (non-hydrogen) atoms. The summed E-state index contributed by atoms with van der Waals surface area (Å²) in [6, 6.07) is 4.82. The number of hydrogen-bond acceptors (Lipinski definition) is 6. The van der Waals surface area contributed by atoms with Gasteiger partial charge in [0, 0.05) is 37.5 Å². The van der Waals surface area contributed by atoms with Crippen molar-refractivity contribution in [1.29, 1.82) is 0 Å². The summed E-state index contributed by atoms with van der Waals surface area (Å²) in [7, 11) is 0. The number of amides is 3. The zero-order valence-corrected chi connectivity index (χ0v) is 16.4. The smallest absolute Gasteiger partial charge is 0.409 e. The maximum atomic E-state index is 12.4. The number of nitrogens with zero attached hydrogens (tertiary/aromatic N) is 1. The van der Waals surface area contributed by atoms with Gasteiger partial charge in [0.15, 0.2) is 12.4 Å². The Morgan fingerprint density at radius 2 is 2.00 bits per heavy atom. The summed E-state index contributed by atoms with van der Waals surface area (Å²) in [6.45, 7) is 3.13. The highest BCUT2D eigenvalue weighted by atomic mass is 16.6. The molecule has 2 aliphatic heterocycles. The average Bonchev–Trinajstić information content (AvgIpc) is 2.72. The number of benzene rings is 1. The van der Waals surface area contributed by atoms with Gasteiger partial charge in [-0.15, -0.1) is 0 Å². The van der Waals surface area contributed by atoms with E-state index in [-0.39, 0.29) is 49.2 Å². The van der Waals surface area contributed by atoms with Crippen molar-refractivity contribution in [2.24, 2.45) is 0 Å². The van der Waals surface area contributed by atoms with Crippen molar-refractivity contribution in [3.05, 3.63) is 23.8 Å². The number of ether oxygens (including phenoxy) is 2. The standard InChI is InChI=1S/C20H25N3O6/c1-2-28-20(27)23-9-7-14(8-10-23)21-18(25)6-4-16(24)13-3-5-17-15(11-13)22-19(26)12-29-17/h3,5,11,14H,2,4,6-10,12H2,1H3,(H,21,25)(H,22,26). The number of likely N-dealkylation sites (tertiary alicyclic amines) is 1. The van der Waals surface area contributed by atoms with Gasteiger partial charge >= 0.3 is 6.09 Å². The molecule has 3 amide bonds. The van der Waals surface area contributed by atoms with Crippen LogP contribution in [-0.4, -0.2) is 60.9 Å². The maximum absolute atomic E-state index is 12.4. The second kappa shape index (κ2) is 9.40. The van der Waals surface area contributed by atoms with Crippen LogP contribution in [0.1, 0.15) is 43.0 Å². The molecule has 2 aliphatic rings. The highest BCUT2D eigenvalue weighted by Crippen LogP contribution is 2.29. The minimum absolute atomic E-state index is 0.0145. The lowest BCUT2D eigenvalue weighted by atomic mass is 10.0. The van der Waals surface area contributed by atoms with E-state index >= 15 is 0 Å². The van der Waals surface area contributed by atoms with Crippen LogP contribution in [0, 0.1) is 0 Å². The molecule has 9 heteroatoms. The lowest BCUT2D eigenvalue weighted by molar-refractivity contribution is -0.122. The molecule has 0 aliphatic carbocycles. The summed E-state index contributed by atoms with van der Waals surface area (Å²) in [5, 5.41) is 5.59. The highest BCUT2D eigenvalue weighted by molar-refractivity contribution is 6.01. The van der Waals surface area contributed by atoms with Gasteiger partial charge in [-0.2, -0.15) is 0 Å². The van der Waals surface area contributed by atoms with E-state index in [2.05, 4.69) is 10.6 Å². The fourth-order valence-electron chi connectivity index (χ4n) is 3.35. The molecule has 3 rings (SSSR count). The summed E-state index contributed by atoms with van der Waals surface area (Å²) in [4.78, 5) is 49.3. The fraction of sp³-hybridized carbons (Fsp3) is 0.500. The third-order valence-corrected chi connectivity index (χ3v) is 4.90. The van der Waals surface area contributed by atoms with Gasteiger partial charge in [-0.3, -0.25) is 14.4 Å². The van der Waals surface area contributed by atoms with Crippen LogP contribution in [0.4, 0.5) is 10.5 Å². The van der Waals surface area contributed by atoms with E-state index in [4.69, 9.17) is 9.47 Å². The first-order chi connectivity index (χ1) is 14.0. The normalized spacial score (nSPS) is 16.3. The van der Waals surface area contributed by atoms with Crippen molar-refractivity contribution < 1.29 is 28.7 Å². The molecular weight excluding hydrogens is 378 g/mol. The number of Topliss-reactive ketones (excluding diaryl/α,β-unsaturated/α-hetero) is 1. The molecule has 156 valence electrons. The molecule has 0 unspecified atom stereocenters. The second-order valence-corrected chi connectivity index (χ2v) is 7.00.